The standard InChI is InChI=1S/C8H10N6OS2/c1-14-6(9)12-13-8(14)17-4-5(15)11-7-10-2-3-16-7/h2-3H,4H2,1H3,(H2,9,12)(H,10,11,15). The molecule has 0 bridgehead atoms. The van der Waals surface area contributed by atoms with Crippen LogP contribution in [0, 0.1) is 0 Å². The lowest BCUT2D eigenvalue weighted by molar-refractivity contribution is -0.113. The van der Waals surface area contributed by atoms with Crippen molar-refractivity contribution in [1.82, 2.24) is 19.7 Å². The molecular weight excluding hydrogens is 260 g/mol. The third-order valence-electron chi connectivity index (χ3n) is 1.88. The molecule has 0 atom stereocenters. The van der Waals surface area contributed by atoms with Gasteiger partial charge in [0.1, 0.15) is 0 Å². The summed E-state index contributed by atoms with van der Waals surface area (Å²) in [4.78, 5) is 15.5. The molecule has 0 saturated carbocycles. The highest BCUT2D eigenvalue weighted by atomic mass is 32.2. The molecule has 0 unspecified atom stereocenters. The van der Waals surface area contributed by atoms with Crippen molar-refractivity contribution in [2.24, 2.45) is 7.05 Å². The number of nitrogens with two attached hydrogens (primary N) is 1. The Labute approximate surface area is 105 Å². The number of nitrogens with one attached hydrogen (secondary N) is 1. The van der Waals surface area contributed by atoms with Crippen molar-refractivity contribution in [3.05, 3.63) is 11.6 Å². The zero-order valence-corrected chi connectivity index (χ0v) is 10.6. The summed E-state index contributed by atoms with van der Waals surface area (Å²) in [5, 5.41) is 13.2. The van der Waals surface area contributed by atoms with Gasteiger partial charge in [-0.3, -0.25) is 9.36 Å². The monoisotopic (exact) mass is 270 g/mol. The Morgan fingerprint density at radius 2 is 2.47 bits per heavy atom. The number of thiazole rings is 1. The summed E-state index contributed by atoms with van der Waals surface area (Å²) in [6.45, 7) is 0. The second-order valence-electron chi connectivity index (χ2n) is 3.07. The molecule has 2 aromatic rings. The van der Waals surface area contributed by atoms with Crippen LogP contribution in [-0.4, -0.2) is 31.4 Å². The Morgan fingerprint density at radius 1 is 1.65 bits per heavy atom. The quantitative estimate of drug-likeness (QED) is 0.789. The molecule has 0 fully saturated rings. The maximum absolute atomic E-state index is 11.5. The summed E-state index contributed by atoms with van der Waals surface area (Å²) in [6.07, 6.45) is 1.64. The maximum Gasteiger partial charge on any atom is 0.236 e. The minimum atomic E-state index is -0.133. The van der Waals surface area contributed by atoms with Crippen LogP contribution in [0.1, 0.15) is 0 Å². The smallest absolute Gasteiger partial charge is 0.236 e. The number of nitrogen functional groups attached to an aromatic ring is 1. The number of anilines is 2. The van der Waals surface area contributed by atoms with Crippen LogP contribution in [0.5, 0.6) is 0 Å². The highest BCUT2D eigenvalue weighted by molar-refractivity contribution is 7.99. The highest BCUT2D eigenvalue weighted by Gasteiger charge is 2.10. The number of hydrogen-bond acceptors (Lipinski definition) is 7. The van der Waals surface area contributed by atoms with Crippen molar-refractivity contribution in [2.75, 3.05) is 16.8 Å². The van der Waals surface area contributed by atoms with Gasteiger partial charge in [0.2, 0.25) is 11.9 Å². The van der Waals surface area contributed by atoms with Crippen LogP contribution in [0.2, 0.25) is 0 Å². The van der Waals surface area contributed by atoms with E-state index >= 15 is 0 Å². The third-order valence-corrected chi connectivity index (χ3v) is 3.59. The molecule has 0 aliphatic rings. The molecule has 7 nitrogen and oxygen atoms in total. The van der Waals surface area contributed by atoms with E-state index in [2.05, 4.69) is 20.5 Å². The Bertz CT molecular complexity index is 508. The summed E-state index contributed by atoms with van der Waals surface area (Å²) in [5.74, 6) is 0.435. The average molecular weight is 270 g/mol. The fourth-order valence-corrected chi connectivity index (χ4v) is 2.29. The molecule has 0 saturated heterocycles. The van der Waals surface area contributed by atoms with E-state index in [4.69, 9.17) is 5.73 Å². The van der Waals surface area contributed by atoms with E-state index in [0.29, 0.717) is 16.2 Å². The zero-order chi connectivity index (χ0) is 12.3. The maximum atomic E-state index is 11.5. The minimum Gasteiger partial charge on any atom is -0.368 e. The second kappa shape index (κ2) is 5.15. The van der Waals surface area contributed by atoms with E-state index in [-0.39, 0.29) is 11.7 Å². The van der Waals surface area contributed by atoms with E-state index in [1.54, 1.807) is 23.2 Å². The molecule has 0 aliphatic carbocycles. The van der Waals surface area contributed by atoms with Gasteiger partial charge in [0.15, 0.2) is 10.3 Å². The second-order valence-corrected chi connectivity index (χ2v) is 4.91. The Kier molecular flexibility index (Phi) is 3.59. The lowest BCUT2D eigenvalue weighted by Gasteiger charge is -2.01. The number of carbonyl (C=O) groups excluding carboxylic acids is 1. The lowest BCUT2D eigenvalue weighted by atomic mass is 10.7. The molecule has 3 N–H and O–H groups in total. The molecule has 0 aliphatic heterocycles. The molecule has 2 rings (SSSR count). The van der Waals surface area contributed by atoms with Gasteiger partial charge < -0.3 is 11.1 Å². The molecule has 1 amide bonds. The van der Waals surface area contributed by atoms with Crippen LogP contribution in [0.25, 0.3) is 0 Å². The summed E-state index contributed by atoms with van der Waals surface area (Å²) in [6, 6.07) is 0. The van der Waals surface area contributed by atoms with Gasteiger partial charge in [0, 0.05) is 18.6 Å². The van der Waals surface area contributed by atoms with Gasteiger partial charge in [-0.05, 0) is 0 Å². The van der Waals surface area contributed by atoms with Crippen LogP contribution in [0.4, 0.5) is 11.1 Å². The normalized spacial score (nSPS) is 10.4. The lowest BCUT2D eigenvalue weighted by Crippen LogP contribution is -2.14. The number of rotatable bonds is 4. The summed E-state index contributed by atoms with van der Waals surface area (Å²) in [5.41, 5.74) is 5.52. The van der Waals surface area contributed by atoms with Crippen LogP contribution in [0.3, 0.4) is 0 Å². The van der Waals surface area contributed by atoms with Crippen molar-refractivity contribution in [3.8, 4) is 0 Å². The van der Waals surface area contributed by atoms with E-state index in [1.807, 2.05) is 0 Å². The van der Waals surface area contributed by atoms with Crippen LogP contribution < -0.4 is 11.1 Å². The Balaban J connectivity index is 1.86. The number of thioether (sulfide) groups is 1. The van der Waals surface area contributed by atoms with Gasteiger partial charge >= 0.3 is 0 Å². The van der Waals surface area contributed by atoms with Gasteiger partial charge in [0.05, 0.1) is 5.75 Å². The van der Waals surface area contributed by atoms with Gasteiger partial charge in [0.25, 0.3) is 0 Å². The number of nitrogens with zero attached hydrogens (tertiary/aromatic N) is 4. The SMILES string of the molecule is Cn1c(N)nnc1SCC(=O)Nc1nccs1. The molecular formula is C8H10N6OS2. The predicted molar refractivity (Wildman–Crippen MR) is 66.9 cm³/mol. The molecule has 17 heavy (non-hydrogen) atoms. The summed E-state index contributed by atoms with van der Waals surface area (Å²) >= 11 is 2.65. The number of aromatic nitrogens is 4. The first-order valence-electron chi connectivity index (χ1n) is 4.64. The molecule has 2 heterocycles. The first-order valence-corrected chi connectivity index (χ1v) is 6.50. The highest BCUT2D eigenvalue weighted by Crippen LogP contribution is 2.17. The van der Waals surface area contributed by atoms with E-state index in [1.165, 1.54) is 23.1 Å². The largest absolute Gasteiger partial charge is 0.368 e. The topological polar surface area (TPSA) is 98.7 Å². The summed E-state index contributed by atoms with van der Waals surface area (Å²) < 4.78 is 1.63. The molecule has 0 spiro atoms. The third kappa shape index (κ3) is 2.94. The number of carbonyl (C=O) groups is 1. The molecule has 9 heteroatoms. The van der Waals surface area contributed by atoms with Gasteiger partial charge in [-0.15, -0.1) is 21.5 Å². The zero-order valence-electron chi connectivity index (χ0n) is 8.95. The first kappa shape index (κ1) is 11.9. The average Bonchev–Trinajstić information content (AvgIpc) is 2.90. The van der Waals surface area contributed by atoms with E-state index in [0.717, 1.165) is 0 Å². The Morgan fingerprint density at radius 3 is 3.06 bits per heavy atom. The van der Waals surface area contributed by atoms with Gasteiger partial charge in [-0.2, -0.15) is 0 Å². The first-order chi connectivity index (χ1) is 8.16. The molecule has 0 aromatic carbocycles. The van der Waals surface area contributed by atoms with Gasteiger partial charge in [-0.1, -0.05) is 11.8 Å². The van der Waals surface area contributed by atoms with Gasteiger partial charge in [-0.25, -0.2) is 4.98 Å². The van der Waals surface area contributed by atoms with Crippen LogP contribution >= 0.6 is 23.1 Å². The Hall–Kier alpha value is -1.61. The number of hydrogen-bond donors (Lipinski definition) is 2. The van der Waals surface area contributed by atoms with Crippen molar-refractivity contribution in [2.45, 2.75) is 5.16 Å². The van der Waals surface area contributed by atoms with Crippen molar-refractivity contribution >= 4 is 40.1 Å². The van der Waals surface area contributed by atoms with Crippen molar-refractivity contribution in [3.63, 3.8) is 0 Å². The summed E-state index contributed by atoms with van der Waals surface area (Å²) in [7, 11) is 1.75. The number of amides is 1. The fraction of sp³-hybridized carbons (Fsp3) is 0.250. The molecule has 0 radical (unpaired) electrons. The molecule has 90 valence electrons. The van der Waals surface area contributed by atoms with Crippen LogP contribution in [0.15, 0.2) is 16.7 Å². The van der Waals surface area contributed by atoms with E-state index < -0.39 is 0 Å². The van der Waals surface area contributed by atoms with Crippen molar-refractivity contribution in [1.29, 1.82) is 0 Å². The fourth-order valence-electron chi connectivity index (χ4n) is 1.02. The van der Waals surface area contributed by atoms with Crippen molar-refractivity contribution < 1.29 is 4.79 Å². The van der Waals surface area contributed by atoms with E-state index in [9.17, 15) is 4.79 Å². The molecule has 2 aromatic heterocycles. The van der Waals surface area contributed by atoms with Crippen LogP contribution in [-0.2, 0) is 11.8 Å². The minimum absolute atomic E-state index is 0.133. The predicted octanol–water partition coefficient (Wildman–Crippen LogP) is 0.585.